The molecular formula is C19H24O2. The van der Waals surface area contributed by atoms with Crippen LogP contribution in [0.5, 0.6) is 5.75 Å². The van der Waals surface area contributed by atoms with E-state index >= 15 is 0 Å². The van der Waals surface area contributed by atoms with Gasteiger partial charge in [0.1, 0.15) is 11.4 Å². The predicted molar refractivity (Wildman–Crippen MR) is 86.7 cm³/mol. The molecule has 0 fully saturated rings. The molecule has 0 aliphatic carbocycles. The molecule has 21 heavy (non-hydrogen) atoms. The molecule has 1 unspecified atom stereocenters. The van der Waals surface area contributed by atoms with Gasteiger partial charge in [0.2, 0.25) is 0 Å². The smallest absolute Gasteiger partial charge is 0.129 e. The second-order valence-electron chi connectivity index (χ2n) is 5.77. The maximum Gasteiger partial charge on any atom is 0.129 e. The molecule has 0 bridgehead atoms. The highest BCUT2D eigenvalue weighted by Gasteiger charge is 2.24. The molecule has 112 valence electrons. The van der Waals surface area contributed by atoms with Crippen molar-refractivity contribution in [1.82, 2.24) is 0 Å². The zero-order valence-corrected chi connectivity index (χ0v) is 12.9. The molecule has 2 aromatic carbocycles. The molecule has 1 atom stereocenters. The van der Waals surface area contributed by atoms with Gasteiger partial charge < -0.3 is 9.84 Å². The number of aliphatic hydroxyl groups is 1. The molecule has 2 aromatic rings. The molecule has 0 heterocycles. The minimum Gasteiger partial charge on any atom is -0.485 e. The summed E-state index contributed by atoms with van der Waals surface area (Å²) in [6, 6.07) is 18.6. The average molecular weight is 284 g/mol. The first-order chi connectivity index (χ1) is 10.1. The third-order valence-corrected chi connectivity index (χ3v) is 3.65. The van der Waals surface area contributed by atoms with E-state index in [1.54, 1.807) is 0 Å². The maximum absolute atomic E-state index is 9.50. The Morgan fingerprint density at radius 1 is 0.952 bits per heavy atom. The Morgan fingerprint density at radius 3 is 2.14 bits per heavy atom. The summed E-state index contributed by atoms with van der Waals surface area (Å²) < 4.78 is 5.95. The number of hydrogen-bond acceptors (Lipinski definition) is 2. The van der Waals surface area contributed by atoms with Crippen molar-refractivity contribution in [3.8, 4) is 5.75 Å². The summed E-state index contributed by atoms with van der Waals surface area (Å²) >= 11 is 0. The summed E-state index contributed by atoms with van der Waals surface area (Å²) in [6.45, 7) is 4.08. The topological polar surface area (TPSA) is 29.5 Å². The van der Waals surface area contributed by atoms with E-state index in [4.69, 9.17) is 4.74 Å². The third-order valence-electron chi connectivity index (χ3n) is 3.65. The van der Waals surface area contributed by atoms with Gasteiger partial charge >= 0.3 is 0 Å². The third kappa shape index (κ3) is 4.61. The van der Waals surface area contributed by atoms with Gasteiger partial charge in [-0.2, -0.15) is 0 Å². The normalized spacial score (nSPS) is 13.7. The molecule has 2 nitrogen and oxygen atoms in total. The summed E-state index contributed by atoms with van der Waals surface area (Å²) in [5.74, 6) is 0.816. The Hall–Kier alpha value is -1.80. The van der Waals surface area contributed by atoms with Crippen molar-refractivity contribution < 1.29 is 9.84 Å². The van der Waals surface area contributed by atoms with Crippen LogP contribution in [0.25, 0.3) is 0 Å². The first kappa shape index (κ1) is 15.6. The molecule has 0 aliphatic heterocycles. The molecule has 0 radical (unpaired) electrons. The van der Waals surface area contributed by atoms with E-state index in [1.165, 1.54) is 11.1 Å². The molecule has 2 rings (SSSR count). The summed E-state index contributed by atoms with van der Waals surface area (Å²) in [6.07, 6.45) is 2.76. The van der Waals surface area contributed by atoms with Gasteiger partial charge in [-0.05, 0) is 43.0 Å². The van der Waals surface area contributed by atoms with Crippen molar-refractivity contribution >= 4 is 0 Å². The van der Waals surface area contributed by atoms with Crippen LogP contribution in [-0.2, 0) is 6.42 Å². The molecule has 2 heteroatoms. The van der Waals surface area contributed by atoms with Gasteiger partial charge in [-0.3, -0.25) is 0 Å². The van der Waals surface area contributed by atoms with E-state index in [0.717, 1.165) is 25.0 Å². The fourth-order valence-corrected chi connectivity index (χ4v) is 2.48. The lowest BCUT2D eigenvalue weighted by Crippen LogP contribution is -2.36. The molecule has 1 N–H and O–H groups in total. The highest BCUT2D eigenvalue weighted by molar-refractivity contribution is 5.31. The second kappa shape index (κ2) is 7.28. The second-order valence-corrected chi connectivity index (χ2v) is 5.77. The zero-order chi connectivity index (χ0) is 15.1. The van der Waals surface area contributed by atoms with Gasteiger partial charge in [0.05, 0.1) is 6.61 Å². The Labute approximate surface area is 127 Å². The van der Waals surface area contributed by atoms with Crippen molar-refractivity contribution in [1.29, 1.82) is 0 Å². The monoisotopic (exact) mass is 284 g/mol. The van der Waals surface area contributed by atoms with Crippen LogP contribution in [0.4, 0.5) is 0 Å². The lowest BCUT2D eigenvalue weighted by Gasteiger charge is -2.28. The SMILES string of the molecule is CCCC(C)(CO)Oc1ccc(Cc2ccccc2)cc1. The van der Waals surface area contributed by atoms with Gasteiger partial charge in [-0.25, -0.2) is 0 Å². The minimum absolute atomic E-state index is 0.0343. The van der Waals surface area contributed by atoms with Crippen LogP contribution in [-0.4, -0.2) is 17.3 Å². The molecule has 0 saturated heterocycles. The van der Waals surface area contributed by atoms with Crippen LogP contribution in [0.1, 0.15) is 37.8 Å². The summed E-state index contributed by atoms with van der Waals surface area (Å²) in [5.41, 5.74) is 2.07. The van der Waals surface area contributed by atoms with E-state index in [-0.39, 0.29) is 6.61 Å². The summed E-state index contributed by atoms with van der Waals surface area (Å²) in [4.78, 5) is 0. The number of benzene rings is 2. The Kier molecular flexibility index (Phi) is 5.40. The molecule has 0 aliphatic rings. The molecule has 0 aromatic heterocycles. The predicted octanol–water partition coefficient (Wildman–Crippen LogP) is 4.21. The van der Waals surface area contributed by atoms with Crippen LogP contribution in [0.3, 0.4) is 0 Å². The van der Waals surface area contributed by atoms with Gasteiger partial charge in [0, 0.05) is 0 Å². The Morgan fingerprint density at radius 2 is 1.57 bits per heavy atom. The van der Waals surface area contributed by atoms with E-state index in [2.05, 4.69) is 43.3 Å². The number of ether oxygens (including phenoxy) is 1. The Balaban J connectivity index is 2.02. The van der Waals surface area contributed by atoms with Crippen molar-refractivity contribution in [2.75, 3.05) is 6.61 Å². The quantitative estimate of drug-likeness (QED) is 0.825. The fourth-order valence-electron chi connectivity index (χ4n) is 2.48. The number of hydrogen-bond donors (Lipinski definition) is 1. The van der Waals surface area contributed by atoms with E-state index in [0.29, 0.717) is 0 Å². The van der Waals surface area contributed by atoms with Crippen molar-refractivity contribution in [2.45, 2.75) is 38.7 Å². The lowest BCUT2D eigenvalue weighted by molar-refractivity contribution is 0.0174. The average Bonchev–Trinajstić information content (AvgIpc) is 2.51. The van der Waals surface area contributed by atoms with Gasteiger partial charge in [-0.15, -0.1) is 0 Å². The molecule has 0 amide bonds. The minimum atomic E-state index is -0.490. The van der Waals surface area contributed by atoms with Gasteiger partial charge in [0.15, 0.2) is 0 Å². The largest absolute Gasteiger partial charge is 0.485 e. The standard InChI is InChI=1S/C19H24O2/c1-3-13-19(2,15-20)21-18-11-9-17(10-12-18)14-16-7-5-4-6-8-16/h4-12,20H,3,13-15H2,1-2H3. The van der Waals surface area contributed by atoms with E-state index in [9.17, 15) is 5.11 Å². The van der Waals surface area contributed by atoms with Crippen LogP contribution >= 0.6 is 0 Å². The number of aliphatic hydroxyl groups excluding tert-OH is 1. The van der Waals surface area contributed by atoms with Crippen LogP contribution in [0.15, 0.2) is 54.6 Å². The van der Waals surface area contributed by atoms with Crippen LogP contribution in [0, 0.1) is 0 Å². The number of rotatable bonds is 7. The molecule has 0 spiro atoms. The lowest BCUT2D eigenvalue weighted by atomic mass is 10.0. The zero-order valence-electron chi connectivity index (χ0n) is 12.9. The summed E-state index contributed by atoms with van der Waals surface area (Å²) in [7, 11) is 0. The van der Waals surface area contributed by atoms with E-state index < -0.39 is 5.60 Å². The molecular weight excluding hydrogens is 260 g/mol. The molecule has 0 saturated carbocycles. The maximum atomic E-state index is 9.50. The summed E-state index contributed by atoms with van der Waals surface area (Å²) in [5, 5.41) is 9.50. The highest BCUT2D eigenvalue weighted by atomic mass is 16.5. The van der Waals surface area contributed by atoms with Gasteiger partial charge in [-0.1, -0.05) is 55.8 Å². The van der Waals surface area contributed by atoms with Crippen molar-refractivity contribution in [2.24, 2.45) is 0 Å². The van der Waals surface area contributed by atoms with Crippen LogP contribution < -0.4 is 4.74 Å². The first-order valence-electron chi connectivity index (χ1n) is 7.58. The van der Waals surface area contributed by atoms with Crippen LogP contribution in [0.2, 0.25) is 0 Å². The fraction of sp³-hybridized carbons (Fsp3) is 0.368. The van der Waals surface area contributed by atoms with Gasteiger partial charge in [0.25, 0.3) is 0 Å². The highest BCUT2D eigenvalue weighted by Crippen LogP contribution is 2.23. The Bertz CT molecular complexity index is 533. The van der Waals surface area contributed by atoms with Crippen molar-refractivity contribution in [3.05, 3.63) is 65.7 Å². The first-order valence-corrected chi connectivity index (χ1v) is 7.58. The van der Waals surface area contributed by atoms with Crippen molar-refractivity contribution in [3.63, 3.8) is 0 Å². The van der Waals surface area contributed by atoms with E-state index in [1.807, 2.05) is 25.1 Å².